The minimum Gasteiger partial charge on any atom is -0.384 e. The summed E-state index contributed by atoms with van der Waals surface area (Å²) in [6.45, 7) is 0. The first-order valence-corrected chi connectivity index (χ1v) is 6.77. The van der Waals surface area contributed by atoms with Crippen LogP contribution in [0.1, 0.15) is 17.2 Å². The Hall–Kier alpha value is -1.42. The average molecular weight is 276 g/mol. The predicted molar refractivity (Wildman–Crippen MR) is 75.1 cm³/mol. The van der Waals surface area contributed by atoms with Gasteiger partial charge in [0.25, 0.3) is 0 Å². The van der Waals surface area contributed by atoms with E-state index in [2.05, 4.69) is 4.98 Å². The minimum atomic E-state index is -0.720. The Morgan fingerprint density at radius 3 is 2.89 bits per heavy atom. The molecule has 2 heterocycles. The number of rotatable bonds is 2. The largest absolute Gasteiger partial charge is 0.384 e. The van der Waals surface area contributed by atoms with Crippen molar-refractivity contribution in [2.75, 3.05) is 0 Å². The van der Waals surface area contributed by atoms with Gasteiger partial charge >= 0.3 is 0 Å². The first kappa shape index (κ1) is 11.7. The number of hydrogen-bond donors (Lipinski definition) is 1. The van der Waals surface area contributed by atoms with Crippen LogP contribution < -0.4 is 0 Å². The highest BCUT2D eigenvalue weighted by atomic mass is 35.5. The van der Waals surface area contributed by atoms with Gasteiger partial charge in [0.1, 0.15) is 6.10 Å². The number of aromatic nitrogens is 1. The smallest absolute Gasteiger partial charge is 0.107 e. The highest BCUT2D eigenvalue weighted by molar-refractivity contribution is 7.17. The molecule has 4 heteroatoms. The molecule has 0 aliphatic carbocycles. The maximum Gasteiger partial charge on any atom is 0.107 e. The van der Waals surface area contributed by atoms with Crippen LogP contribution in [0.25, 0.3) is 10.1 Å². The van der Waals surface area contributed by atoms with Crippen LogP contribution in [-0.4, -0.2) is 10.1 Å². The van der Waals surface area contributed by atoms with Crippen LogP contribution >= 0.6 is 22.9 Å². The summed E-state index contributed by atoms with van der Waals surface area (Å²) in [5.41, 5.74) is 1.57. The zero-order valence-electron chi connectivity index (χ0n) is 9.38. The van der Waals surface area contributed by atoms with Gasteiger partial charge in [-0.25, -0.2) is 0 Å². The average Bonchev–Trinajstić information content (AvgIpc) is 2.86. The van der Waals surface area contributed by atoms with Crippen molar-refractivity contribution in [2.24, 2.45) is 0 Å². The number of fused-ring (bicyclic) bond motifs is 1. The molecule has 90 valence electrons. The van der Waals surface area contributed by atoms with E-state index in [0.717, 1.165) is 15.6 Å². The molecule has 2 aromatic heterocycles. The van der Waals surface area contributed by atoms with Crippen molar-refractivity contribution in [1.82, 2.24) is 4.98 Å². The third-order valence-corrected chi connectivity index (χ3v) is 4.20. The van der Waals surface area contributed by atoms with E-state index in [1.54, 1.807) is 29.8 Å². The monoisotopic (exact) mass is 275 g/mol. The first-order valence-electron chi connectivity index (χ1n) is 5.51. The van der Waals surface area contributed by atoms with Gasteiger partial charge in [-0.1, -0.05) is 29.8 Å². The van der Waals surface area contributed by atoms with Crippen molar-refractivity contribution in [3.8, 4) is 0 Å². The third-order valence-electron chi connectivity index (χ3n) is 2.90. The number of thiophene rings is 1. The molecule has 1 atom stereocenters. The SMILES string of the molecule is OC(c1ccncc1Cl)c1cccc2ccsc12. The molecule has 0 aliphatic rings. The fourth-order valence-electron chi connectivity index (χ4n) is 2.01. The number of benzene rings is 1. The lowest BCUT2D eigenvalue weighted by Gasteiger charge is -2.13. The van der Waals surface area contributed by atoms with Gasteiger partial charge in [-0.05, 0) is 22.9 Å². The predicted octanol–water partition coefficient (Wildman–Crippen LogP) is 4.03. The van der Waals surface area contributed by atoms with Crippen molar-refractivity contribution < 1.29 is 5.11 Å². The van der Waals surface area contributed by atoms with Crippen LogP contribution in [0.3, 0.4) is 0 Å². The first-order chi connectivity index (χ1) is 8.77. The Bertz CT molecular complexity index is 695. The molecule has 1 N–H and O–H groups in total. The molecule has 0 saturated heterocycles. The highest BCUT2D eigenvalue weighted by Gasteiger charge is 2.16. The fraction of sp³-hybridized carbons (Fsp3) is 0.0714. The third kappa shape index (κ3) is 1.90. The van der Waals surface area contributed by atoms with Gasteiger partial charge in [0.2, 0.25) is 0 Å². The summed E-state index contributed by atoms with van der Waals surface area (Å²) in [6, 6.07) is 9.71. The van der Waals surface area contributed by atoms with Crippen molar-refractivity contribution in [2.45, 2.75) is 6.10 Å². The molecule has 0 bridgehead atoms. The lowest BCUT2D eigenvalue weighted by Crippen LogP contribution is -2.00. The summed E-state index contributed by atoms with van der Waals surface area (Å²) < 4.78 is 1.10. The number of aliphatic hydroxyl groups is 1. The van der Waals surface area contributed by atoms with E-state index in [1.165, 1.54) is 0 Å². The van der Waals surface area contributed by atoms with Gasteiger partial charge in [-0.3, -0.25) is 4.98 Å². The summed E-state index contributed by atoms with van der Waals surface area (Å²) in [6.07, 6.45) is 2.47. The minimum absolute atomic E-state index is 0.485. The summed E-state index contributed by atoms with van der Waals surface area (Å²) >= 11 is 7.70. The van der Waals surface area contributed by atoms with Gasteiger partial charge in [-0.15, -0.1) is 11.3 Å². The lowest BCUT2D eigenvalue weighted by atomic mass is 10.0. The Labute approximate surface area is 113 Å². The topological polar surface area (TPSA) is 33.1 Å². The molecule has 18 heavy (non-hydrogen) atoms. The van der Waals surface area contributed by atoms with Crippen molar-refractivity contribution >= 4 is 33.0 Å². The zero-order valence-corrected chi connectivity index (χ0v) is 10.9. The van der Waals surface area contributed by atoms with Gasteiger partial charge in [-0.2, -0.15) is 0 Å². The molecule has 1 aromatic carbocycles. The lowest BCUT2D eigenvalue weighted by molar-refractivity contribution is 0.222. The molecule has 1 unspecified atom stereocenters. The summed E-state index contributed by atoms with van der Waals surface area (Å²) in [5.74, 6) is 0. The number of halogens is 1. The van der Waals surface area contributed by atoms with E-state index in [1.807, 2.05) is 29.6 Å². The van der Waals surface area contributed by atoms with Crippen LogP contribution in [0.15, 0.2) is 48.1 Å². The van der Waals surface area contributed by atoms with Crippen LogP contribution in [0.2, 0.25) is 5.02 Å². The van der Waals surface area contributed by atoms with Gasteiger partial charge in [0.05, 0.1) is 5.02 Å². The molecular weight excluding hydrogens is 266 g/mol. The zero-order chi connectivity index (χ0) is 12.5. The maximum atomic E-state index is 10.5. The number of nitrogens with zero attached hydrogens (tertiary/aromatic N) is 1. The number of hydrogen-bond acceptors (Lipinski definition) is 3. The molecule has 0 fully saturated rings. The normalized spacial score (nSPS) is 12.8. The molecule has 0 saturated carbocycles. The van der Waals surface area contributed by atoms with Crippen LogP contribution in [-0.2, 0) is 0 Å². The van der Waals surface area contributed by atoms with E-state index in [9.17, 15) is 5.11 Å². The second-order valence-corrected chi connectivity index (χ2v) is 5.31. The van der Waals surface area contributed by atoms with Gasteiger partial charge in [0, 0.05) is 28.2 Å². The molecular formula is C14H10ClNOS. The van der Waals surface area contributed by atoms with Crippen molar-refractivity contribution in [3.05, 3.63) is 64.3 Å². The number of aliphatic hydroxyl groups excluding tert-OH is 1. The van der Waals surface area contributed by atoms with E-state index in [4.69, 9.17) is 11.6 Å². The Morgan fingerprint density at radius 1 is 1.17 bits per heavy atom. The van der Waals surface area contributed by atoms with E-state index >= 15 is 0 Å². The second kappa shape index (κ2) is 4.69. The quantitative estimate of drug-likeness (QED) is 0.766. The van der Waals surface area contributed by atoms with Crippen LogP contribution in [0.5, 0.6) is 0 Å². The van der Waals surface area contributed by atoms with Crippen LogP contribution in [0.4, 0.5) is 0 Å². The van der Waals surface area contributed by atoms with Crippen LogP contribution in [0, 0.1) is 0 Å². The van der Waals surface area contributed by atoms with Gasteiger partial charge < -0.3 is 5.11 Å². The molecule has 2 nitrogen and oxygen atoms in total. The van der Waals surface area contributed by atoms with E-state index in [0.29, 0.717) is 10.6 Å². The highest BCUT2D eigenvalue weighted by Crippen LogP contribution is 2.34. The van der Waals surface area contributed by atoms with Gasteiger partial charge in [0.15, 0.2) is 0 Å². The number of pyridine rings is 1. The summed E-state index contributed by atoms with van der Waals surface area (Å²) in [4.78, 5) is 3.93. The Balaban J connectivity index is 2.15. The standard InChI is InChI=1S/C14H10ClNOS/c15-12-8-16-6-4-10(12)13(17)11-3-1-2-9-5-7-18-14(9)11/h1-8,13,17H. The maximum absolute atomic E-state index is 10.5. The molecule has 0 amide bonds. The second-order valence-electron chi connectivity index (χ2n) is 3.99. The Kier molecular flexibility index (Phi) is 3.04. The molecule has 0 spiro atoms. The molecule has 3 aromatic rings. The fourth-order valence-corrected chi connectivity index (χ4v) is 3.17. The van der Waals surface area contributed by atoms with E-state index < -0.39 is 6.10 Å². The molecule has 0 aliphatic heterocycles. The van der Waals surface area contributed by atoms with Crippen molar-refractivity contribution in [3.63, 3.8) is 0 Å². The Morgan fingerprint density at radius 2 is 2.06 bits per heavy atom. The van der Waals surface area contributed by atoms with Crippen molar-refractivity contribution in [1.29, 1.82) is 0 Å². The van der Waals surface area contributed by atoms with E-state index in [-0.39, 0.29) is 0 Å². The summed E-state index contributed by atoms with van der Waals surface area (Å²) in [5, 5.41) is 14.1. The molecule has 3 rings (SSSR count). The summed E-state index contributed by atoms with van der Waals surface area (Å²) in [7, 11) is 0. The molecule has 0 radical (unpaired) electrons.